The summed E-state index contributed by atoms with van der Waals surface area (Å²) in [7, 11) is 0. The van der Waals surface area contributed by atoms with Gasteiger partial charge in [-0.15, -0.1) is 0 Å². The van der Waals surface area contributed by atoms with Crippen molar-refractivity contribution in [3.05, 3.63) is 42.0 Å². The Labute approximate surface area is 88.7 Å². The highest BCUT2D eigenvalue weighted by Crippen LogP contribution is 2.22. The lowest BCUT2D eigenvalue weighted by atomic mass is 9.87. The fourth-order valence-corrected chi connectivity index (χ4v) is 1.12. The average molecular weight is 190 g/mol. The second-order valence-corrected chi connectivity index (χ2v) is 4.08. The zero-order chi connectivity index (χ0) is 11.2. The van der Waals surface area contributed by atoms with Gasteiger partial charge in [0, 0.05) is 0 Å². The predicted molar refractivity (Wildman–Crippen MR) is 66.6 cm³/mol. The quantitative estimate of drug-likeness (QED) is 0.604. The van der Waals surface area contributed by atoms with E-state index >= 15 is 0 Å². The van der Waals surface area contributed by atoms with E-state index in [1.54, 1.807) is 0 Å². The molecule has 0 atom stereocenters. The minimum atomic E-state index is 0.250. The topological polar surface area (TPSA) is 0 Å². The number of hydrogen-bond acceptors (Lipinski definition) is 0. The molecule has 0 aliphatic rings. The van der Waals surface area contributed by atoms with E-state index in [-0.39, 0.29) is 5.41 Å². The van der Waals surface area contributed by atoms with Crippen LogP contribution in [0.2, 0.25) is 0 Å². The van der Waals surface area contributed by atoms with Gasteiger partial charge in [0.1, 0.15) is 0 Å². The van der Waals surface area contributed by atoms with E-state index in [1.165, 1.54) is 11.1 Å². The smallest absolute Gasteiger partial charge is 0.0132 e. The van der Waals surface area contributed by atoms with Crippen LogP contribution in [-0.4, -0.2) is 0 Å². The van der Waals surface area contributed by atoms with Gasteiger partial charge in [-0.2, -0.15) is 0 Å². The molecular formula is C14H22. The second-order valence-electron chi connectivity index (χ2n) is 4.08. The second kappa shape index (κ2) is 5.64. The third kappa shape index (κ3) is 3.78. The van der Waals surface area contributed by atoms with Crippen molar-refractivity contribution >= 4 is 6.08 Å². The van der Waals surface area contributed by atoms with Crippen LogP contribution in [0.3, 0.4) is 0 Å². The third-order valence-corrected chi connectivity index (χ3v) is 2.01. The van der Waals surface area contributed by atoms with Gasteiger partial charge in [0.25, 0.3) is 0 Å². The lowest BCUT2D eigenvalue weighted by molar-refractivity contribution is 0.590. The first-order valence-electron chi connectivity index (χ1n) is 5.27. The Hall–Kier alpha value is -1.04. The van der Waals surface area contributed by atoms with Gasteiger partial charge in [0.15, 0.2) is 0 Å². The van der Waals surface area contributed by atoms with E-state index in [0.29, 0.717) is 0 Å². The summed E-state index contributed by atoms with van der Waals surface area (Å²) in [5.74, 6) is 0. The van der Waals surface area contributed by atoms with Crippen molar-refractivity contribution in [3.8, 4) is 0 Å². The summed E-state index contributed by atoms with van der Waals surface area (Å²) < 4.78 is 0. The molecule has 1 aromatic carbocycles. The highest BCUT2D eigenvalue weighted by molar-refractivity contribution is 5.47. The molecule has 0 spiro atoms. The van der Waals surface area contributed by atoms with Gasteiger partial charge in [-0.25, -0.2) is 0 Å². The summed E-state index contributed by atoms with van der Waals surface area (Å²) in [5, 5.41) is 0. The molecule has 0 saturated heterocycles. The Bertz CT molecular complexity index is 259. The predicted octanol–water partition coefficient (Wildman–Crippen LogP) is 4.65. The Morgan fingerprint density at radius 1 is 1.00 bits per heavy atom. The normalized spacial score (nSPS) is 10.1. The molecule has 0 aliphatic heterocycles. The molecule has 78 valence electrons. The maximum absolute atomic E-state index is 3.72. The van der Waals surface area contributed by atoms with Gasteiger partial charge in [-0.05, 0) is 16.5 Å². The fourth-order valence-electron chi connectivity index (χ4n) is 1.12. The Balaban J connectivity index is 0.000000791. The molecule has 0 fully saturated rings. The number of benzene rings is 1. The van der Waals surface area contributed by atoms with Crippen LogP contribution < -0.4 is 0 Å². The van der Waals surface area contributed by atoms with Crippen molar-refractivity contribution in [2.45, 2.75) is 40.0 Å². The van der Waals surface area contributed by atoms with Crippen LogP contribution in [0.1, 0.15) is 45.7 Å². The lowest BCUT2D eigenvalue weighted by Gasteiger charge is -2.18. The van der Waals surface area contributed by atoms with E-state index in [9.17, 15) is 0 Å². The van der Waals surface area contributed by atoms with Crippen molar-refractivity contribution in [1.29, 1.82) is 0 Å². The van der Waals surface area contributed by atoms with Crippen molar-refractivity contribution in [3.63, 3.8) is 0 Å². The molecule has 0 unspecified atom stereocenters. The van der Waals surface area contributed by atoms with Crippen LogP contribution in [0.5, 0.6) is 0 Å². The van der Waals surface area contributed by atoms with Gasteiger partial charge in [0.05, 0.1) is 0 Å². The van der Waals surface area contributed by atoms with E-state index in [1.807, 2.05) is 19.9 Å². The molecule has 0 heterocycles. The average Bonchev–Trinajstić information content (AvgIpc) is 2.20. The third-order valence-electron chi connectivity index (χ3n) is 2.01. The molecular weight excluding hydrogens is 168 g/mol. The van der Waals surface area contributed by atoms with Crippen molar-refractivity contribution < 1.29 is 0 Å². The Kier molecular flexibility index (Phi) is 5.22. The lowest BCUT2D eigenvalue weighted by Crippen LogP contribution is -2.10. The molecule has 1 aromatic rings. The highest BCUT2D eigenvalue weighted by atomic mass is 14.2. The first-order chi connectivity index (χ1) is 6.54. The van der Waals surface area contributed by atoms with Crippen LogP contribution in [0.4, 0.5) is 0 Å². The largest absolute Gasteiger partial charge is 0.0985 e. The summed E-state index contributed by atoms with van der Waals surface area (Å²) in [6.07, 6.45) is 1.87. The molecule has 0 saturated carbocycles. The zero-order valence-electron chi connectivity index (χ0n) is 10.1. The van der Waals surface area contributed by atoms with Crippen LogP contribution in [0, 0.1) is 0 Å². The van der Waals surface area contributed by atoms with E-state index in [4.69, 9.17) is 0 Å². The van der Waals surface area contributed by atoms with E-state index in [0.717, 1.165) is 0 Å². The Morgan fingerprint density at radius 3 is 1.71 bits per heavy atom. The summed E-state index contributed by atoms with van der Waals surface area (Å²) in [5.41, 5.74) is 2.80. The summed E-state index contributed by atoms with van der Waals surface area (Å²) in [4.78, 5) is 0. The van der Waals surface area contributed by atoms with Crippen molar-refractivity contribution in [1.82, 2.24) is 0 Å². The van der Waals surface area contributed by atoms with Gasteiger partial charge >= 0.3 is 0 Å². The molecule has 0 heteroatoms. The maximum Gasteiger partial charge on any atom is -0.0132 e. The first kappa shape index (κ1) is 13.0. The maximum atomic E-state index is 3.72. The molecule has 0 nitrogen and oxygen atoms in total. The molecule has 0 bridgehead atoms. The van der Waals surface area contributed by atoms with Crippen molar-refractivity contribution in [2.24, 2.45) is 0 Å². The molecule has 1 rings (SSSR count). The zero-order valence-corrected chi connectivity index (χ0v) is 10.1. The van der Waals surface area contributed by atoms with Gasteiger partial charge in [-0.3, -0.25) is 0 Å². The number of hydrogen-bond donors (Lipinski definition) is 0. The van der Waals surface area contributed by atoms with Crippen LogP contribution >= 0.6 is 0 Å². The highest BCUT2D eigenvalue weighted by Gasteiger charge is 2.12. The van der Waals surface area contributed by atoms with Gasteiger partial charge in [0.2, 0.25) is 0 Å². The molecule has 0 aromatic heterocycles. The summed E-state index contributed by atoms with van der Waals surface area (Å²) >= 11 is 0. The van der Waals surface area contributed by atoms with Crippen LogP contribution in [0.15, 0.2) is 30.8 Å². The van der Waals surface area contributed by atoms with Crippen LogP contribution in [-0.2, 0) is 5.41 Å². The number of rotatable bonds is 1. The molecule has 14 heavy (non-hydrogen) atoms. The SMILES string of the molecule is C=Cc1ccc(C(C)(C)C)cc1.CC. The van der Waals surface area contributed by atoms with Crippen molar-refractivity contribution in [2.75, 3.05) is 0 Å². The standard InChI is InChI=1S/C12H16.C2H6/c1-5-10-6-8-11(9-7-10)12(2,3)4;1-2/h5-9H,1H2,2-4H3;1-2H3. The first-order valence-corrected chi connectivity index (χ1v) is 5.27. The molecule has 0 N–H and O–H groups in total. The van der Waals surface area contributed by atoms with E-state index in [2.05, 4.69) is 51.6 Å². The Morgan fingerprint density at radius 2 is 1.43 bits per heavy atom. The van der Waals surface area contributed by atoms with Crippen LogP contribution in [0.25, 0.3) is 6.08 Å². The molecule has 0 aliphatic carbocycles. The van der Waals surface area contributed by atoms with E-state index < -0.39 is 0 Å². The van der Waals surface area contributed by atoms with Gasteiger partial charge in [-0.1, -0.05) is 71.5 Å². The molecule has 0 amide bonds. The van der Waals surface area contributed by atoms with Gasteiger partial charge < -0.3 is 0 Å². The summed E-state index contributed by atoms with van der Waals surface area (Å²) in [6.45, 7) is 14.4. The summed E-state index contributed by atoms with van der Waals surface area (Å²) in [6, 6.07) is 8.54. The minimum absolute atomic E-state index is 0.250. The fraction of sp³-hybridized carbons (Fsp3) is 0.429. The molecule has 0 radical (unpaired) electrons. The monoisotopic (exact) mass is 190 g/mol. The minimum Gasteiger partial charge on any atom is -0.0985 e.